The Morgan fingerprint density at radius 3 is 1.92 bits per heavy atom. The summed E-state index contributed by atoms with van der Waals surface area (Å²) in [6.45, 7) is 6.68. The minimum absolute atomic E-state index is 0.155. The van der Waals surface area contributed by atoms with E-state index in [1.54, 1.807) is 27.7 Å². The SMILES string of the molecule is CCC(C)P(=O)(O)OC(C)C(C)c1cc(C(=O)O)cc(C(=O)O)c1. The molecule has 7 nitrogen and oxygen atoms in total. The molecule has 1 aromatic carbocycles. The van der Waals surface area contributed by atoms with Crippen molar-refractivity contribution in [3.63, 3.8) is 0 Å². The van der Waals surface area contributed by atoms with Gasteiger partial charge in [0.25, 0.3) is 0 Å². The summed E-state index contributed by atoms with van der Waals surface area (Å²) in [7, 11) is -3.81. The van der Waals surface area contributed by atoms with Crippen molar-refractivity contribution in [1.82, 2.24) is 0 Å². The Kier molecular flexibility index (Phi) is 6.72. The Morgan fingerprint density at radius 1 is 1.08 bits per heavy atom. The van der Waals surface area contributed by atoms with Crippen LogP contribution in [0.5, 0.6) is 0 Å². The van der Waals surface area contributed by atoms with E-state index >= 15 is 0 Å². The molecule has 8 heteroatoms. The van der Waals surface area contributed by atoms with Crippen molar-refractivity contribution in [2.24, 2.45) is 0 Å². The van der Waals surface area contributed by atoms with Gasteiger partial charge in [-0.25, -0.2) is 9.59 Å². The Labute approximate surface area is 140 Å². The molecular weight excluding hydrogens is 335 g/mol. The van der Waals surface area contributed by atoms with Crippen molar-refractivity contribution in [1.29, 1.82) is 0 Å². The van der Waals surface area contributed by atoms with E-state index in [0.29, 0.717) is 12.0 Å². The van der Waals surface area contributed by atoms with E-state index < -0.39 is 37.2 Å². The van der Waals surface area contributed by atoms with Crippen LogP contribution in [0.25, 0.3) is 0 Å². The molecule has 0 amide bonds. The Hall–Kier alpha value is -1.69. The van der Waals surface area contributed by atoms with Crippen molar-refractivity contribution in [3.8, 4) is 0 Å². The lowest BCUT2D eigenvalue weighted by Gasteiger charge is -2.26. The lowest BCUT2D eigenvalue weighted by Crippen LogP contribution is -2.19. The van der Waals surface area contributed by atoms with Gasteiger partial charge in [0.05, 0.1) is 22.9 Å². The van der Waals surface area contributed by atoms with Gasteiger partial charge in [-0.05, 0) is 37.1 Å². The molecule has 0 saturated heterocycles. The van der Waals surface area contributed by atoms with Gasteiger partial charge in [-0.3, -0.25) is 4.57 Å². The summed E-state index contributed by atoms with van der Waals surface area (Å²) in [5.41, 5.74) is -0.410. The second kappa shape index (κ2) is 7.92. The van der Waals surface area contributed by atoms with E-state index in [1.807, 2.05) is 0 Å². The fourth-order valence-electron chi connectivity index (χ4n) is 2.10. The number of carbonyl (C=O) groups is 2. The number of carboxylic acid groups (broad SMARTS) is 2. The fraction of sp³-hybridized carbons (Fsp3) is 0.500. The molecule has 4 unspecified atom stereocenters. The van der Waals surface area contributed by atoms with E-state index in [-0.39, 0.29) is 11.1 Å². The van der Waals surface area contributed by atoms with Gasteiger partial charge in [-0.15, -0.1) is 0 Å². The molecule has 3 N–H and O–H groups in total. The zero-order valence-corrected chi connectivity index (χ0v) is 15.0. The van der Waals surface area contributed by atoms with Crippen LogP contribution in [0.2, 0.25) is 0 Å². The molecule has 1 rings (SSSR count). The number of rotatable bonds is 8. The van der Waals surface area contributed by atoms with Gasteiger partial charge in [0, 0.05) is 5.92 Å². The van der Waals surface area contributed by atoms with Crippen LogP contribution in [0.1, 0.15) is 66.3 Å². The second-order valence-corrected chi connectivity index (χ2v) is 8.10. The first-order valence-electron chi connectivity index (χ1n) is 7.62. The highest BCUT2D eigenvalue weighted by Gasteiger charge is 2.31. The zero-order chi connectivity index (χ0) is 18.7. The monoisotopic (exact) mass is 358 g/mol. The molecule has 24 heavy (non-hydrogen) atoms. The van der Waals surface area contributed by atoms with Crippen LogP contribution in [0.15, 0.2) is 18.2 Å². The molecule has 0 fully saturated rings. The largest absolute Gasteiger partial charge is 0.478 e. The molecule has 4 atom stereocenters. The maximum atomic E-state index is 12.2. The van der Waals surface area contributed by atoms with Crippen LogP contribution < -0.4 is 0 Å². The van der Waals surface area contributed by atoms with Crippen molar-refractivity contribution >= 4 is 19.5 Å². The molecule has 0 saturated carbocycles. The van der Waals surface area contributed by atoms with Gasteiger partial charge in [0.2, 0.25) is 0 Å². The van der Waals surface area contributed by atoms with Crippen LogP contribution in [0.4, 0.5) is 0 Å². The number of benzene rings is 1. The third-order valence-electron chi connectivity index (χ3n) is 4.14. The predicted octanol–water partition coefficient (Wildman–Crippen LogP) is 3.58. The molecule has 0 aliphatic heterocycles. The predicted molar refractivity (Wildman–Crippen MR) is 88.9 cm³/mol. The molecule has 0 spiro atoms. The van der Waals surface area contributed by atoms with Crippen molar-refractivity contribution in [3.05, 3.63) is 34.9 Å². The van der Waals surface area contributed by atoms with E-state index in [1.165, 1.54) is 12.1 Å². The molecule has 0 aliphatic rings. The zero-order valence-electron chi connectivity index (χ0n) is 14.1. The molecule has 1 aromatic rings. The van der Waals surface area contributed by atoms with Gasteiger partial charge < -0.3 is 19.6 Å². The minimum Gasteiger partial charge on any atom is -0.478 e. The lowest BCUT2D eigenvalue weighted by molar-refractivity contribution is 0.0696. The first-order chi connectivity index (χ1) is 11.0. The maximum absolute atomic E-state index is 12.2. The molecule has 134 valence electrons. The average molecular weight is 358 g/mol. The number of hydrogen-bond donors (Lipinski definition) is 3. The summed E-state index contributed by atoms with van der Waals surface area (Å²) in [6.07, 6.45) is -0.215. The van der Waals surface area contributed by atoms with Crippen LogP contribution in [-0.2, 0) is 9.09 Å². The molecule has 0 heterocycles. The molecule has 0 bridgehead atoms. The molecule has 0 aliphatic carbocycles. The minimum atomic E-state index is -3.81. The number of hydrogen-bond acceptors (Lipinski definition) is 4. The highest BCUT2D eigenvalue weighted by Crippen LogP contribution is 2.51. The summed E-state index contributed by atoms with van der Waals surface area (Å²) in [4.78, 5) is 32.3. The highest BCUT2D eigenvalue weighted by atomic mass is 31.2. The second-order valence-electron chi connectivity index (χ2n) is 5.87. The average Bonchev–Trinajstić information content (AvgIpc) is 2.51. The van der Waals surface area contributed by atoms with Crippen LogP contribution in [0.3, 0.4) is 0 Å². The van der Waals surface area contributed by atoms with Crippen LogP contribution in [-0.4, -0.2) is 38.8 Å². The van der Waals surface area contributed by atoms with E-state index in [4.69, 9.17) is 14.7 Å². The van der Waals surface area contributed by atoms with Crippen molar-refractivity contribution in [2.75, 3.05) is 0 Å². The maximum Gasteiger partial charge on any atom is 0.335 e. The molecule has 0 aromatic heterocycles. The smallest absolute Gasteiger partial charge is 0.335 e. The standard InChI is InChI=1S/C16H23O7P/c1-5-9(2)24(21,22)23-11(4)10(3)12-6-13(15(17)18)8-14(7-12)16(19)20/h6-11H,5H2,1-4H3,(H,17,18)(H,19,20)(H,21,22). The fourth-order valence-corrected chi connectivity index (χ4v) is 3.42. The van der Waals surface area contributed by atoms with Crippen LogP contribution >= 0.6 is 7.60 Å². The van der Waals surface area contributed by atoms with E-state index in [9.17, 15) is 19.0 Å². The quantitative estimate of drug-likeness (QED) is 0.607. The Balaban J connectivity index is 3.13. The molecule has 0 radical (unpaired) electrons. The topological polar surface area (TPSA) is 121 Å². The third-order valence-corrected chi connectivity index (χ3v) is 6.26. The first kappa shape index (κ1) is 20.4. The number of aromatic carboxylic acids is 2. The summed E-state index contributed by atoms with van der Waals surface area (Å²) in [6, 6.07) is 3.78. The Bertz CT molecular complexity index is 638. The number of carboxylic acids is 2. The normalized spacial score (nSPS) is 17.5. The third kappa shape index (κ3) is 4.90. The van der Waals surface area contributed by atoms with Crippen molar-refractivity contribution < 1.29 is 33.8 Å². The summed E-state index contributed by atoms with van der Waals surface area (Å²) < 4.78 is 17.5. The summed E-state index contributed by atoms with van der Waals surface area (Å²) in [5.74, 6) is -2.95. The first-order valence-corrected chi connectivity index (χ1v) is 9.26. The van der Waals surface area contributed by atoms with Crippen LogP contribution in [0, 0.1) is 0 Å². The van der Waals surface area contributed by atoms with Gasteiger partial charge in [-0.2, -0.15) is 0 Å². The van der Waals surface area contributed by atoms with Gasteiger partial charge in [-0.1, -0.05) is 20.8 Å². The van der Waals surface area contributed by atoms with Gasteiger partial charge in [0.15, 0.2) is 0 Å². The van der Waals surface area contributed by atoms with Gasteiger partial charge >= 0.3 is 19.5 Å². The highest BCUT2D eigenvalue weighted by molar-refractivity contribution is 7.53. The van der Waals surface area contributed by atoms with E-state index in [2.05, 4.69) is 0 Å². The summed E-state index contributed by atoms with van der Waals surface area (Å²) in [5, 5.41) is 18.2. The lowest BCUT2D eigenvalue weighted by atomic mass is 9.93. The molecular formula is C16H23O7P. The van der Waals surface area contributed by atoms with Gasteiger partial charge in [0.1, 0.15) is 0 Å². The van der Waals surface area contributed by atoms with E-state index in [0.717, 1.165) is 6.07 Å². The van der Waals surface area contributed by atoms with Crippen molar-refractivity contribution in [2.45, 2.75) is 51.8 Å². The Morgan fingerprint density at radius 2 is 1.54 bits per heavy atom. The summed E-state index contributed by atoms with van der Waals surface area (Å²) >= 11 is 0.